The van der Waals surface area contributed by atoms with Gasteiger partial charge in [0, 0.05) is 105 Å². The van der Waals surface area contributed by atoms with Crippen molar-refractivity contribution in [1.82, 2.24) is 0 Å². The summed E-state index contributed by atoms with van der Waals surface area (Å²) in [6, 6.07) is 28.1. The highest BCUT2D eigenvalue weighted by Crippen LogP contribution is 2.60. The molecule has 0 bridgehead atoms. The van der Waals surface area contributed by atoms with Crippen LogP contribution in [0.5, 0.6) is 0 Å². The van der Waals surface area contributed by atoms with E-state index in [2.05, 4.69) is 94.3 Å². The van der Waals surface area contributed by atoms with Crippen LogP contribution in [0.1, 0.15) is 0 Å². The van der Waals surface area contributed by atoms with Gasteiger partial charge in [-0.2, -0.15) is 0 Å². The summed E-state index contributed by atoms with van der Waals surface area (Å²) in [5.41, 5.74) is 0. The Bertz CT molecular complexity index is 2930. The zero-order valence-electron chi connectivity index (χ0n) is 22.9. The Balaban J connectivity index is 1.63. The van der Waals surface area contributed by atoms with Crippen LogP contribution in [0.2, 0.25) is 0 Å². The van der Waals surface area contributed by atoms with Crippen molar-refractivity contribution in [2.24, 2.45) is 0 Å². The third-order valence-corrected chi connectivity index (χ3v) is 14.3. The standard InChI is InChI=1S/C40H16S4/c1-2-6-18-17(5-1)27-33-31-25(21-9-13-41-37(21)27)23-11-15-43-39(23)29-19-7-3-4-8-20(19)30-36(35(29)31)32-26(24-12-16-44-40(24)30)22-10-14-42-38(22)28(18)34(32)33/h1-16H. The van der Waals surface area contributed by atoms with E-state index >= 15 is 0 Å². The Morgan fingerprint density at radius 1 is 0.227 bits per heavy atom. The van der Waals surface area contributed by atoms with Gasteiger partial charge in [0.15, 0.2) is 0 Å². The SMILES string of the molecule is c1ccc2c(c1)c1c3sccc3c3c4ccsc4c4c5ccccc5c5c6sccc6c6c7ccsc7c2c2c6c5c4c3c12. The molecule has 0 unspecified atom stereocenters. The third-order valence-electron chi connectivity index (χ3n) is 10.6. The molecule has 0 atom stereocenters. The fraction of sp³-hybridized carbons (Fsp3) is 0. The van der Waals surface area contributed by atoms with Gasteiger partial charge in [-0.3, -0.25) is 0 Å². The van der Waals surface area contributed by atoms with Crippen LogP contribution in [0.3, 0.4) is 0 Å². The normalized spacial score (nSPS) is 13.5. The van der Waals surface area contributed by atoms with E-state index in [1.54, 1.807) is 0 Å². The number of benzene rings is 9. The molecule has 13 rings (SSSR count). The molecule has 0 aliphatic rings. The Kier molecular flexibility index (Phi) is 3.61. The molecular weight excluding hydrogens is 609 g/mol. The summed E-state index contributed by atoms with van der Waals surface area (Å²) >= 11 is 7.66. The summed E-state index contributed by atoms with van der Waals surface area (Å²) in [5, 5.41) is 37.9. The highest BCUT2D eigenvalue weighted by atomic mass is 32.1. The molecule has 0 N–H and O–H groups in total. The van der Waals surface area contributed by atoms with Gasteiger partial charge < -0.3 is 0 Å². The van der Waals surface area contributed by atoms with Crippen molar-refractivity contribution in [3.63, 3.8) is 0 Å². The van der Waals surface area contributed by atoms with E-state index in [1.165, 1.54) is 127 Å². The second-order valence-corrected chi connectivity index (χ2v) is 15.9. The monoisotopic (exact) mass is 624 g/mol. The number of thiophene rings is 4. The van der Waals surface area contributed by atoms with Crippen LogP contribution >= 0.6 is 45.3 Å². The zero-order chi connectivity index (χ0) is 28.0. The topological polar surface area (TPSA) is 0 Å². The van der Waals surface area contributed by atoms with E-state index in [0.717, 1.165) is 0 Å². The van der Waals surface area contributed by atoms with Crippen LogP contribution in [0, 0.1) is 0 Å². The van der Waals surface area contributed by atoms with Crippen molar-refractivity contribution in [2.75, 3.05) is 0 Å². The maximum absolute atomic E-state index is 2.39. The molecule has 0 nitrogen and oxygen atoms in total. The van der Waals surface area contributed by atoms with E-state index < -0.39 is 0 Å². The first-order valence-corrected chi connectivity index (χ1v) is 18.4. The number of hydrogen-bond donors (Lipinski definition) is 0. The molecule has 0 radical (unpaired) electrons. The van der Waals surface area contributed by atoms with E-state index in [0.29, 0.717) is 0 Å². The van der Waals surface area contributed by atoms with Gasteiger partial charge in [0.25, 0.3) is 0 Å². The summed E-state index contributed by atoms with van der Waals surface area (Å²) < 4.78 is 5.70. The summed E-state index contributed by atoms with van der Waals surface area (Å²) in [4.78, 5) is 0. The summed E-state index contributed by atoms with van der Waals surface area (Å²) in [5.74, 6) is 0. The van der Waals surface area contributed by atoms with Gasteiger partial charge in [-0.1, -0.05) is 48.5 Å². The lowest BCUT2D eigenvalue weighted by molar-refractivity contribution is 1.84. The van der Waals surface area contributed by atoms with E-state index in [-0.39, 0.29) is 0 Å². The molecule has 9 aromatic carbocycles. The lowest BCUT2D eigenvalue weighted by Crippen LogP contribution is -1.96. The van der Waals surface area contributed by atoms with Crippen LogP contribution in [0.4, 0.5) is 0 Å². The molecule has 0 saturated heterocycles. The van der Waals surface area contributed by atoms with Gasteiger partial charge in [-0.15, -0.1) is 45.3 Å². The minimum atomic E-state index is 1.38. The molecule has 4 heteroatoms. The molecule has 0 aliphatic carbocycles. The summed E-state index contributed by atoms with van der Waals surface area (Å²) in [7, 11) is 0. The molecular formula is C40H16S4. The van der Waals surface area contributed by atoms with Gasteiger partial charge in [-0.05, 0) is 67.3 Å². The van der Waals surface area contributed by atoms with Gasteiger partial charge in [-0.25, -0.2) is 0 Å². The minimum absolute atomic E-state index is 1.38. The predicted octanol–water partition coefficient (Wildman–Crippen LogP) is 14.1. The molecule has 0 fully saturated rings. The maximum atomic E-state index is 2.39. The number of fused-ring (bicyclic) bond motifs is 18. The van der Waals surface area contributed by atoms with Gasteiger partial charge in [0.1, 0.15) is 0 Å². The van der Waals surface area contributed by atoms with Crippen molar-refractivity contribution in [3.05, 3.63) is 94.3 Å². The molecule has 13 aromatic rings. The van der Waals surface area contributed by atoms with Crippen LogP contribution in [-0.2, 0) is 0 Å². The third kappa shape index (κ3) is 2.15. The molecule has 200 valence electrons. The van der Waals surface area contributed by atoms with Crippen molar-refractivity contribution in [3.8, 4) is 0 Å². The smallest absolute Gasteiger partial charge is 0.0434 e. The Hall–Kier alpha value is -4.32. The lowest BCUT2D eigenvalue weighted by Gasteiger charge is -2.26. The first kappa shape index (κ1) is 22.2. The predicted molar refractivity (Wildman–Crippen MR) is 202 cm³/mol. The van der Waals surface area contributed by atoms with Gasteiger partial charge in [0.05, 0.1) is 0 Å². The van der Waals surface area contributed by atoms with Gasteiger partial charge in [0.2, 0.25) is 0 Å². The fourth-order valence-corrected chi connectivity index (χ4v) is 13.1. The van der Waals surface area contributed by atoms with Gasteiger partial charge >= 0.3 is 0 Å². The van der Waals surface area contributed by atoms with Crippen molar-refractivity contribution in [1.29, 1.82) is 0 Å². The molecule has 0 saturated carbocycles. The Morgan fingerprint density at radius 3 is 0.750 bits per heavy atom. The minimum Gasteiger partial charge on any atom is -0.143 e. The molecule has 4 heterocycles. The van der Waals surface area contributed by atoms with Crippen LogP contribution in [0.25, 0.3) is 127 Å². The Morgan fingerprint density at radius 2 is 0.477 bits per heavy atom. The first-order valence-electron chi connectivity index (χ1n) is 14.9. The maximum Gasteiger partial charge on any atom is 0.0434 e. The average molecular weight is 625 g/mol. The van der Waals surface area contributed by atoms with E-state index in [9.17, 15) is 0 Å². The first-order chi connectivity index (χ1) is 21.9. The van der Waals surface area contributed by atoms with Crippen LogP contribution in [0.15, 0.2) is 94.3 Å². The summed E-state index contributed by atoms with van der Waals surface area (Å²) in [6.45, 7) is 0. The van der Waals surface area contributed by atoms with Crippen molar-refractivity contribution >= 4 is 172 Å². The molecule has 0 amide bonds. The lowest BCUT2D eigenvalue weighted by atomic mass is 9.77. The van der Waals surface area contributed by atoms with E-state index in [4.69, 9.17) is 0 Å². The highest BCUT2D eigenvalue weighted by Gasteiger charge is 2.31. The largest absolute Gasteiger partial charge is 0.143 e. The van der Waals surface area contributed by atoms with Crippen molar-refractivity contribution in [2.45, 2.75) is 0 Å². The second-order valence-electron chi connectivity index (χ2n) is 12.2. The molecule has 44 heavy (non-hydrogen) atoms. The highest BCUT2D eigenvalue weighted by molar-refractivity contribution is 7.21. The molecule has 0 spiro atoms. The average Bonchev–Trinajstić information content (AvgIpc) is 3.89. The van der Waals surface area contributed by atoms with Crippen LogP contribution < -0.4 is 0 Å². The zero-order valence-corrected chi connectivity index (χ0v) is 26.1. The van der Waals surface area contributed by atoms with Crippen LogP contribution in [-0.4, -0.2) is 0 Å². The summed E-state index contributed by atoms with van der Waals surface area (Å²) in [6.07, 6.45) is 0. The Labute approximate surface area is 264 Å². The second kappa shape index (κ2) is 7.14. The fourth-order valence-electron chi connectivity index (χ4n) is 9.20. The quantitative estimate of drug-likeness (QED) is 0.116. The number of hydrogen-bond acceptors (Lipinski definition) is 4. The van der Waals surface area contributed by atoms with Crippen molar-refractivity contribution < 1.29 is 0 Å². The molecule has 0 aliphatic heterocycles. The van der Waals surface area contributed by atoms with E-state index in [1.807, 2.05) is 45.3 Å². The molecule has 4 aromatic heterocycles. The number of rotatable bonds is 0.